The van der Waals surface area contributed by atoms with Crippen molar-refractivity contribution in [1.82, 2.24) is 0 Å². The molecular formula is C18H18Br2O2. The Hall–Kier alpha value is -1.00. The van der Waals surface area contributed by atoms with Crippen LogP contribution in [0.3, 0.4) is 0 Å². The van der Waals surface area contributed by atoms with Gasteiger partial charge in [-0.2, -0.15) is 0 Å². The predicted molar refractivity (Wildman–Crippen MR) is 95.5 cm³/mol. The van der Waals surface area contributed by atoms with Crippen LogP contribution in [0.5, 0.6) is 11.5 Å². The van der Waals surface area contributed by atoms with E-state index in [-0.39, 0.29) is 16.9 Å². The fraction of sp³-hybridized carbons (Fsp3) is 0.333. The highest BCUT2D eigenvalue weighted by Gasteiger charge is 2.36. The summed E-state index contributed by atoms with van der Waals surface area (Å²) in [6, 6.07) is 11.6. The van der Waals surface area contributed by atoms with Crippen molar-refractivity contribution in [3.05, 3.63) is 56.5 Å². The molecule has 116 valence electrons. The van der Waals surface area contributed by atoms with Crippen LogP contribution in [-0.2, 0) is 5.41 Å². The summed E-state index contributed by atoms with van der Waals surface area (Å²) in [4.78, 5) is 0. The van der Waals surface area contributed by atoms with E-state index in [1.807, 2.05) is 24.3 Å². The molecule has 1 saturated carbocycles. The Morgan fingerprint density at radius 1 is 0.727 bits per heavy atom. The molecule has 0 saturated heterocycles. The highest BCUT2D eigenvalue weighted by molar-refractivity contribution is 9.10. The molecule has 0 unspecified atom stereocenters. The first-order valence-corrected chi connectivity index (χ1v) is 9.09. The lowest BCUT2D eigenvalue weighted by Crippen LogP contribution is -2.30. The fourth-order valence-corrected chi connectivity index (χ4v) is 4.27. The number of hydrogen-bond donors (Lipinski definition) is 2. The molecule has 0 spiro atoms. The molecule has 0 radical (unpaired) electrons. The first-order chi connectivity index (χ1) is 10.5. The molecule has 4 heteroatoms. The highest BCUT2D eigenvalue weighted by Crippen LogP contribution is 2.47. The van der Waals surface area contributed by atoms with Crippen molar-refractivity contribution in [2.45, 2.75) is 37.5 Å². The lowest BCUT2D eigenvalue weighted by molar-refractivity contribution is 0.345. The third-order valence-electron chi connectivity index (χ3n) is 4.71. The standard InChI is InChI=1S/C18H18Br2O2/c19-14-10-12(4-6-16(14)21)18(8-2-1-3-9-18)13-5-7-17(22)15(20)11-13/h4-7,10-11,21-22H,1-3,8-9H2. The van der Waals surface area contributed by atoms with Crippen LogP contribution in [0.15, 0.2) is 45.3 Å². The quantitative estimate of drug-likeness (QED) is 0.631. The van der Waals surface area contributed by atoms with Crippen molar-refractivity contribution in [2.24, 2.45) is 0 Å². The molecule has 1 fully saturated rings. The third-order valence-corrected chi connectivity index (χ3v) is 5.98. The third kappa shape index (κ3) is 2.79. The van der Waals surface area contributed by atoms with Gasteiger partial charge in [-0.15, -0.1) is 0 Å². The predicted octanol–water partition coefficient (Wildman–Crippen LogP) is 5.87. The van der Waals surface area contributed by atoms with Gasteiger partial charge in [0.2, 0.25) is 0 Å². The van der Waals surface area contributed by atoms with Crippen LogP contribution in [0.2, 0.25) is 0 Å². The zero-order valence-corrected chi connectivity index (χ0v) is 15.3. The maximum Gasteiger partial charge on any atom is 0.129 e. The van der Waals surface area contributed by atoms with Gasteiger partial charge in [0.05, 0.1) is 8.95 Å². The van der Waals surface area contributed by atoms with E-state index in [1.165, 1.54) is 30.4 Å². The van der Waals surface area contributed by atoms with Gasteiger partial charge in [-0.3, -0.25) is 0 Å². The van der Waals surface area contributed by atoms with Gasteiger partial charge in [-0.25, -0.2) is 0 Å². The van der Waals surface area contributed by atoms with E-state index in [9.17, 15) is 10.2 Å². The summed E-state index contributed by atoms with van der Waals surface area (Å²) in [7, 11) is 0. The molecule has 0 aromatic heterocycles. The van der Waals surface area contributed by atoms with Crippen molar-refractivity contribution in [1.29, 1.82) is 0 Å². The molecule has 3 rings (SSSR count). The fourth-order valence-electron chi connectivity index (χ4n) is 3.51. The molecule has 0 heterocycles. The van der Waals surface area contributed by atoms with Crippen LogP contribution in [0.4, 0.5) is 0 Å². The summed E-state index contributed by atoms with van der Waals surface area (Å²) in [5.41, 5.74) is 2.38. The molecule has 2 N–H and O–H groups in total. The molecule has 0 amide bonds. The molecule has 2 aromatic carbocycles. The Labute approximate surface area is 147 Å². The number of rotatable bonds is 2. The van der Waals surface area contributed by atoms with Crippen molar-refractivity contribution < 1.29 is 10.2 Å². The highest BCUT2D eigenvalue weighted by atomic mass is 79.9. The van der Waals surface area contributed by atoms with Crippen LogP contribution >= 0.6 is 31.9 Å². The SMILES string of the molecule is Oc1ccc(C2(c3ccc(O)c(Br)c3)CCCCC2)cc1Br. The lowest BCUT2D eigenvalue weighted by Gasteiger charge is -2.39. The van der Waals surface area contributed by atoms with Crippen molar-refractivity contribution >= 4 is 31.9 Å². The van der Waals surface area contributed by atoms with Gasteiger partial charge in [-0.1, -0.05) is 31.4 Å². The minimum atomic E-state index is -0.0509. The molecule has 22 heavy (non-hydrogen) atoms. The average Bonchev–Trinajstić information content (AvgIpc) is 2.53. The normalized spacial score (nSPS) is 17.4. The first-order valence-electron chi connectivity index (χ1n) is 7.51. The molecule has 0 bridgehead atoms. The summed E-state index contributed by atoms with van der Waals surface area (Å²) in [6.07, 6.45) is 5.82. The summed E-state index contributed by atoms with van der Waals surface area (Å²) in [6.45, 7) is 0. The summed E-state index contributed by atoms with van der Waals surface area (Å²) >= 11 is 6.87. The van der Waals surface area contributed by atoms with Crippen molar-refractivity contribution in [3.8, 4) is 11.5 Å². The maximum absolute atomic E-state index is 9.79. The van der Waals surface area contributed by atoms with Crippen LogP contribution in [0, 0.1) is 0 Å². The number of benzene rings is 2. The second-order valence-corrected chi connectivity index (χ2v) is 7.68. The van der Waals surface area contributed by atoms with Crippen LogP contribution in [0.1, 0.15) is 43.2 Å². The number of aromatic hydroxyl groups is 2. The maximum atomic E-state index is 9.79. The summed E-state index contributed by atoms with van der Waals surface area (Å²) in [5, 5.41) is 19.6. The Bertz CT molecular complexity index is 638. The zero-order chi connectivity index (χ0) is 15.7. The van der Waals surface area contributed by atoms with Crippen LogP contribution in [-0.4, -0.2) is 10.2 Å². The second kappa shape index (κ2) is 6.25. The number of hydrogen-bond acceptors (Lipinski definition) is 2. The van der Waals surface area contributed by atoms with Crippen LogP contribution in [0.25, 0.3) is 0 Å². The van der Waals surface area contributed by atoms with E-state index in [1.54, 1.807) is 12.1 Å². The van der Waals surface area contributed by atoms with E-state index < -0.39 is 0 Å². The van der Waals surface area contributed by atoms with Gasteiger partial charge in [0, 0.05) is 5.41 Å². The molecule has 1 aliphatic carbocycles. The lowest BCUT2D eigenvalue weighted by atomic mass is 9.65. The first kappa shape index (κ1) is 15.9. The van der Waals surface area contributed by atoms with E-state index in [0.717, 1.165) is 21.8 Å². The Morgan fingerprint density at radius 2 is 1.18 bits per heavy atom. The average molecular weight is 426 g/mol. The Balaban J connectivity index is 2.15. The van der Waals surface area contributed by atoms with E-state index in [4.69, 9.17) is 0 Å². The van der Waals surface area contributed by atoms with Gasteiger partial charge in [0.15, 0.2) is 0 Å². The second-order valence-electron chi connectivity index (χ2n) is 5.98. The molecule has 2 nitrogen and oxygen atoms in total. The molecule has 0 atom stereocenters. The number of phenolic OH excluding ortho intramolecular Hbond substituents is 2. The Morgan fingerprint density at radius 3 is 1.59 bits per heavy atom. The topological polar surface area (TPSA) is 40.5 Å². The van der Waals surface area contributed by atoms with Gasteiger partial charge in [0.25, 0.3) is 0 Å². The van der Waals surface area contributed by atoms with E-state index in [0.29, 0.717) is 0 Å². The smallest absolute Gasteiger partial charge is 0.129 e. The Kier molecular flexibility index (Phi) is 4.51. The molecule has 2 aromatic rings. The van der Waals surface area contributed by atoms with E-state index >= 15 is 0 Å². The van der Waals surface area contributed by atoms with Gasteiger partial charge in [0.1, 0.15) is 11.5 Å². The zero-order valence-electron chi connectivity index (χ0n) is 12.1. The minimum Gasteiger partial charge on any atom is -0.507 e. The monoisotopic (exact) mass is 424 g/mol. The number of phenols is 2. The van der Waals surface area contributed by atoms with Crippen molar-refractivity contribution in [2.75, 3.05) is 0 Å². The molecular weight excluding hydrogens is 408 g/mol. The largest absolute Gasteiger partial charge is 0.507 e. The van der Waals surface area contributed by atoms with Gasteiger partial charge < -0.3 is 10.2 Å². The van der Waals surface area contributed by atoms with E-state index in [2.05, 4.69) is 31.9 Å². The summed E-state index contributed by atoms with van der Waals surface area (Å²) < 4.78 is 1.46. The summed E-state index contributed by atoms with van der Waals surface area (Å²) in [5.74, 6) is 0.531. The van der Waals surface area contributed by atoms with Gasteiger partial charge in [-0.05, 0) is 80.1 Å². The minimum absolute atomic E-state index is 0.0509. The van der Waals surface area contributed by atoms with Crippen molar-refractivity contribution in [3.63, 3.8) is 0 Å². The molecule has 1 aliphatic rings. The number of halogens is 2. The molecule has 0 aliphatic heterocycles. The van der Waals surface area contributed by atoms with Crippen LogP contribution < -0.4 is 0 Å². The van der Waals surface area contributed by atoms with Gasteiger partial charge >= 0.3 is 0 Å².